The van der Waals surface area contributed by atoms with Crippen LogP contribution in [0.1, 0.15) is 9.68 Å². The number of imidazole rings is 1. The molecular formula is C50H32IrN4O-2. The molecule has 56 heavy (non-hydrogen) atoms. The molecule has 0 fully saturated rings. The number of hydrogen-bond donors (Lipinski definition) is 0. The second-order valence-electron chi connectivity index (χ2n) is 13.3. The first-order valence-electron chi connectivity index (χ1n) is 19.5. The SMILES string of the molecule is [2H]C([2H])([2H])c1ccc(-c2[c-]cccc2)nc1.[Ir].[c-]1ccc2c(oc3c2ccc2ccc4ccccc4c23)c1-c1nc2ncc(-c3ccccc3)cc2n1-c1ccccc1. The number of furan rings is 1. The summed E-state index contributed by atoms with van der Waals surface area (Å²) in [5, 5.41) is 6.77. The van der Waals surface area contributed by atoms with Crippen molar-refractivity contribution in [2.45, 2.75) is 6.85 Å². The largest absolute Gasteiger partial charge is 0.500 e. The number of nitrogens with zero attached hydrogens (tertiary/aromatic N) is 4. The molecule has 0 saturated heterocycles. The Balaban J connectivity index is 0.000000224. The third-order valence-electron chi connectivity index (χ3n) is 9.91. The van der Waals surface area contributed by atoms with Crippen molar-refractivity contribution in [1.29, 1.82) is 0 Å². The minimum atomic E-state index is -2.09. The summed E-state index contributed by atoms with van der Waals surface area (Å²) in [4.78, 5) is 14.0. The zero-order valence-corrected chi connectivity index (χ0v) is 32.2. The summed E-state index contributed by atoms with van der Waals surface area (Å²) in [5.41, 5.74) is 9.05. The van der Waals surface area contributed by atoms with Crippen molar-refractivity contribution < 1.29 is 28.6 Å². The van der Waals surface area contributed by atoms with E-state index in [1.807, 2.05) is 66.9 Å². The van der Waals surface area contributed by atoms with Gasteiger partial charge in [0.15, 0.2) is 5.65 Å². The van der Waals surface area contributed by atoms with Gasteiger partial charge in [-0.1, -0.05) is 120 Å². The molecule has 5 nitrogen and oxygen atoms in total. The van der Waals surface area contributed by atoms with E-state index < -0.39 is 6.85 Å². The Kier molecular flexibility index (Phi) is 8.38. The second kappa shape index (κ2) is 14.8. The summed E-state index contributed by atoms with van der Waals surface area (Å²) in [7, 11) is 0. The van der Waals surface area contributed by atoms with E-state index in [2.05, 4.69) is 107 Å². The van der Waals surface area contributed by atoms with Crippen molar-refractivity contribution in [3.63, 3.8) is 0 Å². The molecule has 0 spiro atoms. The van der Waals surface area contributed by atoms with E-state index in [1.165, 1.54) is 17.0 Å². The summed E-state index contributed by atoms with van der Waals surface area (Å²) in [6.45, 7) is -2.09. The molecule has 6 heteroatoms. The molecule has 0 amide bonds. The molecule has 0 saturated carbocycles. The Morgan fingerprint density at radius 3 is 2.18 bits per heavy atom. The number of fused-ring (bicyclic) bond motifs is 8. The smallest absolute Gasteiger partial charge is 0.168 e. The molecule has 7 aromatic carbocycles. The average molecular weight is 900 g/mol. The third-order valence-corrected chi connectivity index (χ3v) is 9.91. The monoisotopic (exact) mass is 900 g/mol. The van der Waals surface area contributed by atoms with Crippen molar-refractivity contribution >= 4 is 54.6 Å². The van der Waals surface area contributed by atoms with Gasteiger partial charge in [-0.3, -0.25) is 4.98 Å². The van der Waals surface area contributed by atoms with Gasteiger partial charge in [-0.2, -0.15) is 0 Å². The van der Waals surface area contributed by atoms with E-state index >= 15 is 0 Å². The summed E-state index contributed by atoms with van der Waals surface area (Å²) >= 11 is 0. The molecule has 0 atom stereocenters. The molecule has 11 aromatic rings. The molecule has 4 heterocycles. The van der Waals surface area contributed by atoms with Gasteiger partial charge in [0.25, 0.3) is 0 Å². The summed E-state index contributed by atoms with van der Waals surface area (Å²) < 4.78 is 30.7. The van der Waals surface area contributed by atoms with Crippen molar-refractivity contribution in [2.24, 2.45) is 0 Å². The zero-order valence-electron chi connectivity index (χ0n) is 32.8. The van der Waals surface area contributed by atoms with E-state index in [0.717, 1.165) is 77.7 Å². The van der Waals surface area contributed by atoms with E-state index in [-0.39, 0.29) is 25.7 Å². The Morgan fingerprint density at radius 1 is 0.607 bits per heavy atom. The number of hydrogen-bond acceptors (Lipinski definition) is 4. The summed E-state index contributed by atoms with van der Waals surface area (Å²) in [5.74, 6) is 0.743. The maximum absolute atomic E-state index is 7.23. The van der Waals surface area contributed by atoms with Crippen LogP contribution in [0.2, 0.25) is 0 Å². The molecule has 4 aromatic heterocycles. The van der Waals surface area contributed by atoms with Crippen LogP contribution in [0.3, 0.4) is 0 Å². The van der Waals surface area contributed by atoms with Crippen LogP contribution in [-0.2, 0) is 20.1 Å². The Morgan fingerprint density at radius 2 is 1.38 bits per heavy atom. The number of aryl methyl sites for hydroxylation is 1. The zero-order chi connectivity index (χ0) is 39.2. The molecule has 0 aliphatic heterocycles. The minimum Gasteiger partial charge on any atom is -0.500 e. The van der Waals surface area contributed by atoms with E-state index in [0.29, 0.717) is 5.65 Å². The number of para-hydroxylation sites is 1. The van der Waals surface area contributed by atoms with Gasteiger partial charge in [-0.05, 0) is 58.0 Å². The van der Waals surface area contributed by atoms with Gasteiger partial charge in [-0.25, -0.2) is 4.98 Å². The molecule has 0 bridgehead atoms. The number of benzene rings is 7. The van der Waals surface area contributed by atoms with Crippen molar-refractivity contribution in [3.05, 3.63) is 194 Å². The van der Waals surface area contributed by atoms with Crippen molar-refractivity contribution in [3.8, 4) is 39.5 Å². The first kappa shape index (κ1) is 31.6. The first-order valence-corrected chi connectivity index (χ1v) is 18.0. The number of pyridine rings is 2. The quantitative estimate of drug-likeness (QED) is 0.130. The molecule has 269 valence electrons. The predicted octanol–water partition coefficient (Wildman–Crippen LogP) is 12.6. The van der Waals surface area contributed by atoms with E-state index in [1.54, 1.807) is 18.2 Å². The number of aromatic nitrogens is 4. The van der Waals surface area contributed by atoms with E-state index in [9.17, 15) is 0 Å². The fourth-order valence-corrected chi connectivity index (χ4v) is 7.31. The van der Waals surface area contributed by atoms with Gasteiger partial charge >= 0.3 is 0 Å². The molecule has 11 rings (SSSR count). The van der Waals surface area contributed by atoms with Crippen LogP contribution in [0, 0.1) is 19.0 Å². The van der Waals surface area contributed by atoms with Crippen molar-refractivity contribution in [2.75, 3.05) is 0 Å². The summed E-state index contributed by atoms with van der Waals surface area (Å²) in [6.07, 6.45) is 3.29. The second-order valence-corrected chi connectivity index (χ2v) is 13.3. The molecule has 1 radical (unpaired) electrons. The van der Waals surface area contributed by atoms with Crippen LogP contribution in [0.4, 0.5) is 0 Å². The maximum atomic E-state index is 7.23. The van der Waals surface area contributed by atoms with Crippen LogP contribution in [0.15, 0.2) is 181 Å². The van der Waals surface area contributed by atoms with Gasteiger partial charge in [0.2, 0.25) is 0 Å². The van der Waals surface area contributed by atoms with Crippen molar-refractivity contribution in [1.82, 2.24) is 19.5 Å². The van der Waals surface area contributed by atoms with Gasteiger partial charge in [0, 0.05) is 58.6 Å². The predicted molar refractivity (Wildman–Crippen MR) is 224 cm³/mol. The van der Waals surface area contributed by atoms with Crippen LogP contribution >= 0.6 is 0 Å². The van der Waals surface area contributed by atoms with Crippen LogP contribution in [-0.4, -0.2) is 19.5 Å². The summed E-state index contributed by atoms with van der Waals surface area (Å²) in [6, 6.07) is 61.3. The van der Waals surface area contributed by atoms with Crippen LogP contribution in [0.25, 0.3) is 94.1 Å². The normalized spacial score (nSPS) is 12.2. The van der Waals surface area contributed by atoms with Gasteiger partial charge < -0.3 is 14.0 Å². The van der Waals surface area contributed by atoms with Gasteiger partial charge in [0.1, 0.15) is 5.58 Å². The molecule has 0 N–H and O–H groups in total. The molecule has 0 aliphatic carbocycles. The van der Waals surface area contributed by atoms with Crippen LogP contribution in [0.5, 0.6) is 0 Å². The third kappa shape index (κ3) is 6.25. The average Bonchev–Trinajstić information content (AvgIpc) is 3.86. The Hall–Kier alpha value is -6.72. The maximum Gasteiger partial charge on any atom is 0.168 e. The Labute approximate surface area is 341 Å². The Bertz CT molecular complexity index is 3260. The molecular weight excluding hydrogens is 865 g/mol. The fraction of sp³-hybridized carbons (Fsp3) is 0.0200. The van der Waals surface area contributed by atoms with Crippen LogP contribution < -0.4 is 0 Å². The number of rotatable bonds is 4. The van der Waals surface area contributed by atoms with E-state index in [4.69, 9.17) is 18.5 Å². The minimum absolute atomic E-state index is 0. The first-order chi connectivity index (χ1) is 28.4. The molecule has 0 aliphatic rings. The standard InChI is InChI=1S/C38H22N3O.C12H10N.Ir/c1-3-10-24(11-4-1)27-22-33-37(39-23-27)40-38(41(33)28-13-5-2-6-14-28)32-17-9-16-30-31-21-20-26-19-18-25-12-7-8-15-29(25)34(26)36(31)42-35(30)32;1-10-7-8-12(13-9-10)11-5-3-2-4-6-11;/h1-16,18-23H;2-5,7-9H,1H3;/q2*-1;/i;1D3;. The van der Waals surface area contributed by atoms with Gasteiger partial charge in [0.05, 0.1) is 16.9 Å². The molecule has 0 unspecified atom stereocenters. The van der Waals surface area contributed by atoms with Gasteiger partial charge in [-0.15, -0.1) is 54.1 Å². The fourth-order valence-electron chi connectivity index (χ4n) is 7.31. The topological polar surface area (TPSA) is 56.7 Å².